The Balaban J connectivity index is 1.40. The Bertz CT molecular complexity index is 1170. The van der Waals surface area contributed by atoms with Crippen LogP contribution in [0.1, 0.15) is 27.0 Å². The summed E-state index contributed by atoms with van der Waals surface area (Å²) in [5, 5.41) is 6.44. The molecule has 2 N–H and O–H groups in total. The number of aryl methyl sites for hydroxylation is 1. The zero-order valence-electron chi connectivity index (χ0n) is 18.1. The predicted octanol–water partition coefficient (Wildman–Crippen LogP) is 5.04. The first kappa shape index (κ1) is 21.2. The Labute approximate surface area is 188 Å². The lowest BCUT2D eigenvalue weighted by Crippen LogP contribution is -2.22. The average molecular weight is 423 g/mol. The summed E-state index contributed by atoms with van der Waals surface area (Å²) in [6, 6.07) is 24.0. The molecular weight excluding hydrogens is 396 g/mol. The third kappa shape index (κ3) is 5.38. The number of hydrogen-bond donors (Lipinski definition) is 2. The van der Waals surface area contributed by atoms with Gasteiger partial charge in [0.1, 0.15) is 0 Å². The second-order valence-corrected chi connectivity index (χ2v) is 7.62. The lowest BCUT2D eigenvalue weighted by atomic mass is 10.1. The van der Waals surface area contributed by atoms with E-state index >= 15 is 0 Å². The maximum Gasteiger partial charge on any atom is 0.253 e. The van der Waals surface area contributed by atoms with Crippen molar-refractivity contribution in [1.82, 2.24) is 15.3 Å². The number of hydrogen-bond acceptors (Lipinski definition) is 4. The molecule has 5 heteroatoms. The van der Waals surface area contributed by atoms with E-state index < -0.39 is 0 Å². The van der Waals surface area contributed by atoms with Gasteiger partial charge in [0.15, 0.2) is 0 Å². The van der Waals surface area contributed by atoms with Crippen LogP contribution in [0.3, 0.4) is 0 Å². The number of amides is 1. The second-order valence-electron chi connectivity index (χ2n) is 7.62. The molecule has 32 heavy (non-hydrogen) atoms. The van der Waals surface area contributed by atoms with E-state index in [1.165, 1.54) is 11.1 Å². The summed E-state index contributed by atoms with van der Waals surface area (Å²) in [4.78, 5) is 21.1. The fourth-order valence-corrected chi connectivity index (χ4v) is 3.56. The number of carbonyl (C=O) groups is 1. The minimum Gasteiger partial charge on any atom is -0.384 e. The lowest BCUT2D eigenvalue weighted by Gasteiger charge is -2.13. The standard InChI is InChI=1S/C27H26N4O/c1-20-7-2-3-9-22(20)14-16-29-25-11-5-4-10-24(25)26-13-12-23(19-30-26)27(32)31-18-21-8-6-15-28-17-21/h2-13,15,17,19,29H,14,16,18H2,1H3,(H,31,32). The maximum absolute atomic E-state index is 12.5. The first-order valence-electron chi connectivity index (χ1n) is 10.7. The maximum atomic E-state index is 12.5. The molecule has 0 aliphatic carbocycles. The molecule has 0 saturated heterocycles. The van der Waals surface area contributed by atoms with Crippen LogP contribution in [-0.2, 0) is 13.0 Å². The van der Waals surface area contributed by atoms with Crippen molar-refractivity contribution in [1.29, 1.82) is 0 Å². The molecule has 0 atom stereocenters. The molecule has 5 nitrogen and oxygen atoms in total. The third-order valence-corrected chi connectivity index (χ3v) is 5.38. The van der Waals surface area contributed by atoms with E-state index in [0.29, 0.717) is 12.1 Å². The molecule has 0 aliphatic heterocycles. The summed E-state index contributed by atoms with van der Waals surface area (Å²) in [5.74, 6) is -0.155. The van der Waals surface area contributed by atoms with Crippen LogP contribution in [-0.4, -0.2) is 22.4 Å². The van der Waals surface area contributed by atoms with Crippen molar-refractivity contribution in [2.24, 2.45) is 0 Å². The molecule has 0 radical (unpaired) electrons. The Morgan fingerprint density at radius 2 is 1.75 bits per heavy atom. The summed E-state index contributed by atoms with van der Waals surface area (Å²) in [6.45, 7) is 3.40. The molecule has 2 aromatic heterocycles. The molecule has 0 aliphatic rings. The second kappa shape index (κ2) is 10.4. The van der Waals surface area contributed by atoms with Gasteiger partial charge < -0.3 is 10.6 Å². The topological polar surface area (TPSA) is 66.9 Å². The van der Waals surface area contributed by atoms with Crippen LogP contribution in [0.2, 0.25) is 0 Å². The number of nitrogens with zero attached hydrogens (tertiary/aromatic N) is 2. The summed E-state index contributed by atoms with van der Waals surface area (Å²) in [7, 11) is 0. The first-order valence-corrected chi connectivity index (χ1v) is 10.7. The molecule has 4 aromatic rings. The van der Waals surface area contributed by atoms with Gasteiger partial charge in [-0.15, -0.1) is 0 Å². The minimum absolute atomic E-state index is 0.155. The number of pyridine rings is 2. The van der Waals surface area contributed by atoms with Crippen LogP contribution in [0.25, 0.3) is 11.3 Å². The van der Waals surface area contributed by atoms with Crippen molar-refractivity contribution < 1.29 is 4.79 Å². The highest BCUT2D eigenvalue weighted by atomic mass is 16.1. The van der Waals surface area contributed by atoms with E-state index in [1.807, 2.05) is 42.5 Å². The van der Waals surface area contributed by atoms with Gasteiger partial charge in [0.2, 0.25) is 0 Å². The van der Waals surface area contributed by atoms with E-state index in [9.17, 15) is 4.79 Å². The van der Waals surface area contributed by atoms with Crippen molar-refractivity contribution >= 4 is 11.6 Å². The van der Waals surface area contributed by atoms with E-state index in [4.69, 9.17) is 0 Å². The van der Waals surface area contributed by atoms with Crippen molar-refractivity contribution in [2.75, 3.05) is 11.9 Å². The number of para-hydroxylation sites is 1. The van der Waals surface area contributed by atoms with Gasteiger partial charge in [-0.1, -0.05) is 48.5 Å². The molecule has 0 unspecified atom stereocenters. The summed E-state index contributed by atoms with van der Waals surface area (Å²) >= 11 is 0. The molecular formula is C27H26N4O. The fourth-order valence-electron chi connectivity index (χ4n) is 3.56. The lowest BCUT2D eigenvalue weighted by molar-refractivity contribution is 0.0950. The zero-order valence-corrected chi connectivity index (χ0v) is 18.1. The average Bonchev–Trinajstić information content (AvgIpc) is 2.85. The molecule has 1 amide bonds. The Hall–Kier alpha value is -3.99. The minimum atomic E-state index is -0.155. The third-order valence-electron chi connectivity index (χ3n) is 5.38. The number of rotatable bonds is 8. The Morgan fingerprint density at radius 1 is 0.906 bits per heavy atom. The van der Waals surface area contributed by atoms with Crippen molar-refractivity contribution in [3.8, 4) is 11.3 Å². The first-order chi connectivity index (χ1) is 15.7. The SMILES string of the molecule is Cc1ccccc1CCNc1ccccc1-c1ccc(C(=O)NCc2cccnc2)cn1. The normalized spacial score (nSPS) is 10.5. The number of nitrogens with one attached hydrogen (secondary N) is 2. The summed E-state index contributed by atoms with van der Waals surface area (Å²) < 4.78 is 0. The Morgan fingerprint density at radius 3 is 2.53 bits per heavy atom. The summed E-state index contributed by atoms with van der Waals surface area (Å²) in [6.07, 6.45) is 6.02. The molecule has 0 saturated carbocycles. The summed E-state index contributed by atoms with van der Waals surface area (Å²) in [5.41, 5.74) is 7.01. The Kier molecular flexibility index (Phi) is 6.88. The van der Waals surface area contributed by atoms with Crippen LogP contribution in [0.5, 0.6) is 0 Å². The fraction of sp³-hybridized carbons (Fsp3) is 0.148. The molecule has 4 rings (SSSR count). The number of carbonyl (C=O) groups excluding carboxylic acids is 1. The van der Waals surface area contributed by atoms with Crippen LogP contribution in [0, 0.1) is 6.92 Å². The van der Waals surface area contributed by atoms with E-state index in [1.54, 1.807) is 18.6 Å². The van der Waals surface area contributed by atoms with Gasteiger partial charge in [-0.3, -0.25) is 14.8 Å². The molecule has 2 aromatic carbocycles. The smallest absolute Gasteiger partial charge is 0.253 e. The van der Waals surface area contributed by atoms with Gasteiger partial charge in [-0.25, -0.2) is 0 Å². The van der Waals surface area contributed by atoms with Gasteiger partial charge in [0.05, 0.1) is 11.3 Å². The van der Waals surface area contributed by atoms with Gasteiger partial charge in [0.25, 0.3) is 5.91 Å². The highest BCUT2D eigenvalue weighted by Gasteiger charge is 2.09. The van der Waals surface area contributed by atoms with Gasteiger partial charge in [-0.2, -0.15) is 0 Å². The van der Waals surface area contributed by atoms with E-state index in [2.05, 4.69) is 57.9 Å². The molecule has 2 heterocycles. The highest BCUT2D eigenvalue weighted by molar-refractivity contribution is 5.94. The largest absolute Gasteiger partial charge is 0.384 e. The molecule has 0 bridgehead atoms. The number of anilines is 1. The van der Waals surface area contributed by atoms with Crippen LogP contribution in [0.15, 0.2) is 91.4 Å². The van der Waals surface area contributed by atoms with Crippen LogP contribution < -0.4 is 10.6 Å². The quantitative estimate of drug-likeness (QED) is 0.418. The van der Waals surface area contributed by atoms with Gasteiger partial charge >= 0.3 is 0 Å². The van der Waals surface area contributed by atoms with Crippen LogP contribution in [0.4, 0.5) is 5.69 Å². The van der Waals surface area contributed by atoms with Crippen molar-refractivity contribution in [3.63, 3.8) is 0 Å². The number of aromatic nitrogens is 2. The molecule has 160 valence electrons. The van der Waals surface area contributed by atoms with Crippen LogP contribution >= 0.6 is 0 Å². The molecule has 0 spiro atoms. The zero-order chi connectivity index (χ0) is 22.2. The predicted molar refractivity (Wildman–Crippen MR) is 128 cm³/mol. The van der Waals surface area contributed by atoms with Gasteiger partial charge in [0, 0.05) is 42.9 Å². The van der Waals surface area contributed by atoms with E-state index in [0.717, 1.165) is 35.5 Å². The van der Waals surface area contributed by atoms with Gasteiger partial charge in [-0.05, 0) is 54.3 Å². The molecule has 0 fully saturated rings. The highest BCUT2D eigenvalue weighted by Crippen LogP contribution is 2.26. The number of benzene rings is 2. The van der Waals surface area contributed by atoms with Crippen molar-refractivity contribution in [3.05, 3.63) is 114 Å². The van der Waals surface area contributed by atoms with Crippen molar-refractivity contribution in [2.45, 2.75) is 19.9 Å². The monoisotopic (exact) mass is 422 g/mol. The van der Waals surface area contributed by atoms with E-state index in [-0.39, 0.29) is 5.91 Å².